The molecule has 0 amide bonds. The van der Waals surface area contributed by atoms with Crippen molar-refractivity contribution in [3.05, 3.63) is 69.1 Å². The predicted octanol–water partition coefficient (Wildman–Crippen LogP) is -2.03. The number of nitrogens with zero attached hydrogens (tertiary/aromatic N) is 5. The van der Waals surface area contributed by atoms with Gasteiger partial charge in [-0.05, 0) is 116 Å². The average molecular weight is 1040 g/mol. The van der Waals surface area contributed by atoms with Crippen molar-refractivity contribution in [2.24, 2.45) is 15.7 Å². The van der Waals surface area contributed by atoms with Gasteiger partial charge in [0.05, 0.1) is 47.1 Å². The summed E-state index contributed by atoms with van der Waals surface area (Å²) in [5.74, 6) is 0. The number of aldehydes is 1. The Morgan fingerprint density at radius 3 is 0.918 bits per heavy atom. The Kier molecular flexibility index (Phi) is 29.1. The molecule has 0 fully saturated rings. The van der Waals surface area contributed by atoms with E-state index in [0.29, 0.717) is 73.1 Å². The SMILES string of the molecule is [B]C(CCN)(P([B])([B])=O)P([B])([B])=O.[B]Cc1cnc(C)c([B])c1C=NCCC([B])(P([B])([B])=O)P([B])([B])=O.[B]Cc1cnc(C)c([B])c1C=NCCC([B])(P([B])([B])=O)P([B])([B])=O.[B]Cc1cnc(C)c([B])c1C=O. The van der Waals surface area contributed by atoms with Gasteiger partial charge in [0.1, 0.15) is 121 Å². The van der Waals surface area contributed by atoms with E-state index in [1.807, 2.05) is 0 Å². The normalized spacial score (nSPS) is 12.9. The molecule has 3 heterocycles. The number of hydrogen-bond acceptors (Lipinski definition) is 13. The number of pyridine rings is 3. The fraction of sp³-hybridized carbons (Fsp3) is 0.455. The van der Waals surface area contributed by atoms with Crippen LogP contribution < -0.4 is 22.1 Å². The number of nitrogens with two attached hydrogens (primary N) is 1. The van der Waals surface area contributed by atoms with Gasteiger partial charge in [0.2, 0.25) is 0 Å². The highest BCUT2D eigenvalue weighted by molar-refractivity contribution is 8.23. The fourth-order valence-corrected chi connectivity index (χ4v) is 14.4. The number of carbonyl (C=O) groups is 1. The molecule has 13 nitrogen and oxygen atoms in total. The second kappa shape index (κ2) is 29.4. The zero-order valence-corrected chi connectivity index (χ0v) is 46.2. The summed E-state index contributed by atoms with van der Waals surface area (Å²) in [7, 11) is 115. The van der Waals surface area contributed by atoms with Crippen molar-refractivity contribution in [3.63, 3.8) is 0 Å². The first-order chi connectivity index (χ1) is 33.0. The molecule has 0 aromatic carbocycles. The molecule has 0 aliphatic rings. The Morgan fingerprint density at radius 1 is 0.479 bits per heavy atom. The lowest BCUT2D eigenvalue weighted by molar-refractivity contribution is 0.112. The summed E-state index contributed by atoms with van der Waals surface area (Å²) in [6.07, 6.45) is 8.58. The largest absolute Gasteiger partial charge is 0.346 e. The number of aryl methyl sites for hydroxylation is 3. The van der Waals surface area contributed by atoms with Crippen molar-refractivity contribution >= 4 is 238 Å². The minimum atomic E-state index is -4.02. The lowest BCUT2D eigenvalue weighted by Crippen LogP contribution is -2.33. The smallest absolute Gasteiger partial charge is 0.149 e. The van der Waals surface area contributed by atoms with Crippen LogP contribution >= 0.6 is 41.4 Å². The van der Waals surface area contributed by atoms with Gasteiger partial charge in [-0.25, -0.2) is 0 Å². The van der Waals surface area contributed by atoms with Crippen LogP contribution in [-0.2, 0) is 46.4 Å². The molecule has 3 aromatic rings. The van der Waals surface area contributed by atoms with E-state index >= 15 is 0 Å². The van der Waals surface area contributed by atoms with Crippen molar-refractivity contribution in [3.8, 4) is 0 Å². The first kappa shape index (κ1) is 72.2. The monoisotopic (exact) mass is 1040 g/mol. The second-order valence-corrected chi connectivity index (χ2v) is 30.7. The van der Waals surface area contributed by atoms with Gasteiger partial charge in [-0.1, -0.05) is 35.3 Å². The summed E-state index contributed by atoms with van der Waals surface area (Å²) in [6.45, 7) is -18.5. The van der Waals surface area contributed by atoms with E-state index in [1.54, 1.807) is 39.4 Å². The molecular weight excluding hydrogens is 1010 g/mol. The third-order valence-corrected chi connectivity index (χ3v) is 25.1. The summed E-state index contributed by atoms with van der Waals surface area (Å²) in [4.78, 5) is 24.9. The number of carbonyl (C=O) groups excluding carboxylic acids is 1. The Bertz CT molecular complexity index is 2560. The van der Waals surface area contributed by atoms with Crippen molar-refractivity contribution in [1.82, 2.24) is 15.0 Å². The molecule has 3 rings (SSSR count). The molecule has 0 saturated carbocycles. The van der Waals surface area contributed by atoms with Crippen LogP contribution in [0.25, 0.3) is 0 Å². The quantitative estimate of drug-likeness (QED) is 0.0565. The van der Waals surface area contributed by atoms with Gasteiger partial charge in [0.15, 0.2) is 0 Å². The molecular formula is C33H35B21N6O7P6. The van der Waals surface area contributed by atoms with Crippen LogP contribution in [0.5, 0.6) is 0 Å². The molecule has 0 aliphatic carbocycles. The van der Waals surface area contributed by atoms with Crippen molar-refractivity contribution in [2.75, 3.05) is 19.6 Å². The van der Waals surface area contributed by atoms with Crippen LogP contribution in [0.3, 0.4) is 0 Å². The van der Waals surface area contributed by atoms with Crippen molar-refractivity contribution in [1.29, 1.82) is 0 Å². The van der Waals surface area contributed by atoms with Crippen molar-refractivity contribution < 1.29 is 32.2 Å². The molecule has 73 heavy (non-hydrogen) atoms. The summed E-state index contributed by atoms with van der Waals surface area (Å²) in [5, 5.41) is 0. The lowest BCUT2D eigenvalue weighted by Gasteiger charge is -2.40. The van der Waals surface area contributed by atoms with E-state index in [-0.39, 0.29) is 57.9 Å². The fourth-order valence-electron chi connectivity index (χ4n) is 5.74. The highest BCUT2D eigenvalue weighted by Crippen LogP contribution is 2.69. The summed E-state index contributed by atoms with van der Waals surface area (Å²) in [6, 6.07) is 0. The predicted molar refractivity (Wildman–Crippen MR) is 325 cm³/mol. The molecule has 0 saturated heterocycles. The second-order valence-electron chi connectivity index (χ2n) is 16.3. The lowest BCUT2D eigenvalue weighted by atomic mass is 9.84. The summed E-state index contributed by atoms with van der Waals surface area (Å²) in [5.41, 5.74) is 12.2. The maximum absolute atomic E-state index is 11.9. The highest BCUT2D eigenvalue weighted by atomic mass is 31.2. The van der Waals surface area contributed by atoms with E-state index < -0.39 is 55.8 Å². The zero-order chi connectivity index (χ0) is 57.6. The standard InChI is InChI=1S/2C11H11B7N2O2P2.C8H7B2NO.C3H6B5NO2P2/c2*1-7-10(13)9(8(4-12)5-20-7)6-19-3-2-11(14,23(15,16)21)24(17,18)22;1-5-8(10)7(4-12)6(2-9)3-11-5;4-3(1-2-9,12(5,6)10)13(7,8)11/h2*5-6H,2-4H2,1H3;3-4H,2H2,1H3;1-2,9H2. The third kappa shape index (κ3) is 19.5. The maximum atomic E-state index is 11.9. The molecule has 0 atom stereocenters. The molecule has 40 heteroatoms. The minimum absolute atomic E-state index is 0.00667. The Labute approximate surface area is 459 Å². The molecule has 0 aliphatic heterocycles. The van der Waals surface area contributed by atoms with E-state index in [2.05, 4.69) is 24.9 Å². The molecule has 332 valence electrons. The maximum Gasteiger partial charge on any atom is 0.149 e. The molecule has 0 spiro atoms. The van der Waals surface area contributed by atoms with E-state index in [1.165, 1.54) is 12.4 Å². The Hall–Kier alpha value is -0.836. The minimum Gasteiger partial charge on any atom is -0.346 e. The highest BCUT2D eigenvalue weighted by Gasteiger charge is 2.45. The number of rotatable bonds is 20. The van der Waals surface area contributed by atoms with Gasteiger partial charge < -0.3 is 33.1 Å². The Balaban J connectivity index is 0.000000991. The third-order valence-electron chi connectivity index (χ3n) is 10.9. The topological polar surface area (TPSA) is 209 Å². The van der Waals surface area contributed by atoms with Crippen LogP contribution in [0, 0.1) is 20.8 Å². The van der Waals surface area contributed by atoms with E-state index in [0.717, 1.165) is 0 Å². The van der Waals surface area contributed by atoms with Crippen LogP contribution in [0.1, 0.15) is 74.5 Å². The van der Waals surface area contributed by atoms with Crippen molar-refractivity contribution in [2.45, 2.75) is 73.4 Å². The van der Waals surface area contributed by atoms with E-state index in [9.17, 15) is 32.2 Å². The van der Waals surface area contributed by atoms with Gasteiger partial charge >= 0.3 is 0 Å². The van der Waals surface area contributed by atoms with Gasteiger partial charge in [-0.15, -0.1) is 0 Å². The van der Waals surface area contributed by atoms with Gasteiger partial charge in [0.25, 0.3) is 0 Å². The van der Waals surface area contributed by atoms with Gasteiger partial charge in [-0.3, -0.25) is 29.7 Å². The number of aromatic nitrogens is 3. The Morgan fingerprint density at radius 2 is 0.712 bits per heavy atom. The summed E-state index contributed by atoms with van der Waals surface area (Å²) >= 11 is 0. The van der Waals surface area contributed by atoms with Crippen LogP contribution in [-0.4, -0.2) is 229 Å². The van der Waals surface area contributed by atoms with Gasteiger partial charge in [0, 0.05) is 81.1 Å². The number of hydrogen-bond donors (Lipinski definition) is 1. The van der Waals surface area contributed by atoms with Crippen LogP contribution in [0.15, 0.2) is 28.6 Å². The molecule has 2 N–H and O–H groups in total. The van der Waals surface area contributed by atoms with E-state index in [4.69, 9.17) is 167 Å². The molecule has 0 unspecified atom stereocenters. The molecule has 42 radical (unpaired) electrons. The van der Waals surface area contributed by atoms with Crippen LogP contribution in [0.4, 0.5) is 0 Å². The van der Waals surface area contributed by atoms with Gasteiger partial charge in [-0.2, -0.15) is 0 Å². The molecule has 3 aromatic heterocycles. The van der Waals surface area contributed by atoms with Crippen LogP contribution in [0.2, 0.25) is 0 Å². The zero-order valence-electron chi connectivity index (χ0n) is 40.8. The average Bonchev–Trinajstić information content (AvgIpc) is 3.25. The first-order valence-electron chi connectivity index (χ1n) is 20.8. The first-order valence-corrected chi connectivity index (χ1v) is 31.9. The summed E-state index contributed by atoms with van der Waals surface area (Å²) < 4.78 is 70.4. The number of aliphatic imine (C=N–C) groups is 2. The molecule has 0 bridgehead atoms.